The first-order valence-electron chi connectivity index (χ1n) is 5.63. The van der Waals surface area contributed by atoms with Crippen LogP contribution in [0, 0.1) is 0 Å². The largest absolute Gasteiger partial charge is 0.483 e. The lowest BCUT2D eigenvalue weighted by molar-refractivity contribution is -0.122. The maximum Gasteiger partial charge on any atom is 0.290 e. The Hall–Kier alpha value is -2.18. The minimum atomic E-state index is -0.250. The number of carbonyl (C=O) groups is 1. The van der Waals surface area contributed by atoms with E-state index in [1.165, 1.54) is 12.8 Å². The normalized spacial score (nSPS) is 13.9. The monoisotopic (exact) mass is 249 g/mol. The fraction of sp³-hybridized carbons (Fsp3) is 0.455. The molecule has 7 heteroatoms. The predicted molar refractivity (Wildman–Crippen MR) is 63.9 cm³/mol. The van der Waals surface area contributed by atoms with Gasteiger partial charge in [-0.2, -0.15) is 10.2 Å². The van der Waals surface area contributed by atoms with Crippen LogP contribution in [0.2, 0.25) is 0 Å². The zero-order valence-corrected chi connectivity index (χ0v) is 10.3. The molecule has 0 aromatic carbocycles. The maximum absolute atomic E-state index is 8.36. The number of hydrogen-bond donors (Lipinski definition) is 1. The summed E-state index contributed by atoms with van der Waals surface area (Å²) in [5, 5.41) is 15.4. The first-order chi connectivity index (χ1) is 8.65. The van der Waals surface area contributed by atoms with Crippen molar-refractivity contribution < 1.29 is 9.90 Å². The van der Waals surface area contributed by atoms with Gasteiger partial charge in [0.1, 0.15) is 5.82 Å². The fourth-order valence-corrected chi connectivity index (χ4v) is 1.75. The van der Waals surface area contributed by atoms with Crippen molar-refractivity contribution in [3.63, 3.8) is 0 Å². The number of rotatable bonds is 2. The molecule has 1 aliphatic rings. The summed E-state index contributed by atoms with van der Waals surface area (Å²) in [5.74, 6) is 2.52. The Morgan fingerprint density at radius 3 is 2.61 bits per heavy atom. The molecule has 2 heterocycles. The molecule has 2 aromatic rings. The number of aromatic nitrogens is 5. The van der Waals surface area contributed by atoms with Crippen molar-refractivity contribution in [3.05, 3.63) is 18.2 Å². The van der Waals surface area contributed by atoms with Crippen LogP contribution in [0.5, 0.6) is 0 Å². The van der Waals surface area contributed by atoms with E-state index in [-0.39, 0.29) is 6.47 Å². The van der Waals surface area contributed by atoms with Crippen LogP contribution in [0.3, 0.4) is 0 Å². The number of carboxylic acid groups (broad SMARTS) is 1. The Morgan fingerprint density at radius 1 is 1.44 bits per heavy atom. The van der Waals surface area contributed by atoms with Crippen LogP contribution in [-0.4, -0.2) is 36.1 Å². The van der Waals surface area contributed by atoms with Crippen LogP contribution >= 0.6 is 0 Å². The Morgan fingerprint density at radius 2 is 2.11 bits per heavy atom. The Kier molecular flexibility index (Phi) is 3.40. The second-order valence-electron chi connectivity index (χ2n) is 4.20. The van der Waals surface area contributed by atoms with Gasteiger partial charge in [-0.15, -0.1) is 0 Å². The van der Waals surface area contributed by atoms with Gasteiger partial charge in [0, 0.05) is 26.2 Å². The average Bonchev–Trinajstić information content (AvgIpc) is 2.96. The number of nitrogens with zero attached hydrogens (tertiary/aromatic N) is 5. The molecule has 0 spiro atoms. The topological polar surface area (TPSA) is 85.8 Å². The zero-order chi connectivity index (χ0) is 13.1. The molecule has 3 rings (SSSR count). The first kappa shape index (κ1) is 12.3. The minimum absolute atomic E-state index is 0.250. The molecular formula is C11H15N5O2. The molecule has 2 aromatic heterocycles. The van der Waals surface area contributed by atoms with Crippen molar-refractivity contribution >= 4 is 6.47 Å². The molecule has 0 saturated heterocycles. The van der Waals surface area contributed by atoms with E-state index in [4.69, 9.17) is 9.90 Å². The maximum atomic E-state index is 8.36. The van der Waals surface area contributed by atoms with Crippen molar-refractivity contribution in [1.29, 1.82) is 0 Å². The molecule has 0 unspecified atom stereocenters. The summed E-state index contributed by atoms with van der Waals surface area (Å²) in [6.07, 6.45) is 6.23. The van der Waals surface area contributed by atoms with Gasteiger partial charge in [-0.25, -0.2) is 4.98 Å². The van der Waals surface area contributed by atoms with Gasteiger partial charge < -0.3 is 5.11 Å². The second-order valence-corrected chi connectivity index (χ2v) is 4.20. The third kappa shape index (κ3) is 2.55. The third-order valence-corrected chi connectivity index (χ3v) is 2.70. The second kappa shape index (κ2) is 4.99. The van der Waals surface area contributed by atoms with Gasteiger partial charge in [0.2, 0.25) is 0 Å². The lowest BCUT2D eigenvalue weighted by atomic mass is 10.3. The van der Waals surface area contributed by atoms with Crippen LogP contribution in [-0.2, 0) is 18.9 Å². The smallest absolute Gasteiger partial charge is 0.290 e. The van der Waals surface area contributed by atoms with E-state index in [9.17, 15) is 0 Å². The molecule has 0 amide bonds. The predicted octanol–water partition coefficient (Wildman–Crippen LogP) is 0.794. The number of aryl methyl sites for hydroxylation is 2. The van der Waals surface area contributed by atoms with Gasteiger partial charge in [-0.3, -0.25) is 14.2 Å². The van der Waals surface area contributed by atoms with Crippen LogP contribution in [0.1, 0.15) is 24.6 Å². The van der Waals surface area contributed by atoms with Gasteiger partial charge in [0.25, 0.3) is 6.47 Å². The molecule has 1 fully saturated rings. The Balaban J connectivity index is 0.000000367. The molecule has 0 atom stereocenters. The fourth-order valence-electron chi connectivity index (χ4n) is 1.75. The van der Waals surface area contributed by atoms with Crippen LogP contribution in [0.4, 0.5) is 0 Å². The lowest BCUT2D eigenvalue weighted by Gasteiger charge is -1.92. The summed E-state index contributed by atoms with van der Waals surface area (Å²) < 4.78 is 3.66. The molecule has 96 valence electrons. The quantitative estimate of drug-likeness (QED) is 0.795. The SMILES string of the molecule is Cn1cc(-c2nc(C3CC3)n(C)n2)cn1.O=CO. The van der Waals surface area contributed by atoms with Crippen LogP contribution < -0.4 is 0 Å². The minimum Gasteiger partial charge on any atom is -0.483 e. The highest BCUT2D eigenvalue weighted by Crippen LogP contribution is 2.39. The molecule has 18 heavy (non-hydrogen) atoms. The molecule has 0 aliphatic heterocycles. The standard InChI is InChI=1S/C10H13N5.CH2O2/c1-14-6-8(5-11-14)9-12-10(7-3-4-7)15(2)13-9;2-1-3/h5-7H,3-4H2,1-2H3;1H,(H,2,3). The molecule has 1 saturated carbocycles. The van der Waals surface area contributed by atoms with E-state index in [1.54, 1.807) is 10.9 Å². The van der Waals surface area contributed by atoms with Gasteiger partial charge in [-0.1, -0.05) is 0 Å². The molecule has 7 nitrogen and oxygen atoms in total. The molecule has 0 radical (unpaired) electrons. The summed E-state index contributed by atoms with van der Waals surface area (Å²) in [6, 6.07) is 0. The molecule has 1 N–H and O–H groups in total. The van der Waals surface area contributed by atoms with Gasteiger partial charge in [0.15, 0.2) is 5.82 Å². The van der Waals surface area contributed by atoms with Gasteiger partial charge >= 0.3 is 0 Å². The lowest BCUT2D eigenvalue weighted by Crippen LogP contribution is -1.96. The summed E-state index contributed by atoms with van der Waals surface area (Å²) in [4.78, 5) is 12.9. The highest BCUT2D eigenvalue weighted by atomic mass is 16.3. The van der Waals surface area contributed by atoms with E-state index in [0.717, 1.165) is 17.2 Å². The van der Waals surface area contributed by atoms with E-state index < -0.39 is 0 Å². The first-order valence-corrected chi connectivity index (χ1v) is 5.63. The van der Waals surface area contributed by atoms with Crippen molar-refractivity contribution in [3.8, 4) is 11.4 Å². The van der Waals surface area contributed by atoms with Crippen molar-refractivity contribution in [2.75, 3.05) is 0 Å². The highest BCUT2D eigenvalue weighted by Gasteiger charge is 2.29. The summed E-state index contributed by atoms with van der Waals surface area (Å²) in [7, 11) is 3.86. The molecular weight excluding hydrogens is 234 g/mol. The Bertz CT molecular complexity index is 541. The van der Waals surface area contributed by atoms with Crippen molar-refractivity contribution in [2.45, 2.75) is 18.8 Å². The van der Waals surface area contributed by atoms with E-state index in [2.05, 4.69) is 15.2 Å². The van der Waals surface area contributed by atoms with E-state index in [1.807, 2.05) is 25.0 Å². The average molecular weight is 249 g/mol. The Labute approximate surface area is 104 Å². The third-order valence-electron chi connectivity index (χ3n) is 2.70. The zero-order valence-electron chi connectivity index (χ0n) is 10.3. The number of hydrogen-bond acceptors (Lipinski definition) is 4. The van der Waals surface area contributed by atoms with Gasteiger partial charge in [-0.05, 0) is 12.8 Å². The van der Waals surface area contributed by atoms with Crippen molar-refractivity contribution in [1.82, 2.24) is 24.5 Å². The van der Waals surface area contributed by atoms with Crippen LogP contribution in [0.25, 0.3) is 11.4 Å². The van der Waals surface area contributed by atoms with Crippen molar-refractivity contribution in [2.24, 2.45) is 14.1 Å². The van der Waals surface area contributed by atoms with E-state index >= 15 is 0 Å². The van der Waals surface area contributed by atoms with Crippen LogP contribution in [0.15, 0.2) is 12.4 Å². The summed E-state index contributed by atoms with van der Waals surface area (Å²) in [5.41, 5.74) is 0.986. The summed E-state index contributed by atoms with van der Waals surface area (Å²) in [6.45, 7) is -0.250. The molecule has 1 aliphatic carbocycles. The molecule has 0 bridgehead atoms. The summed E-state index contributed by atoms with van der Waals surface area (Å²) >= 11 is 0. The van der Waals surface area contributed by atoms with Gasteiger partial charge in [0.05, 0.1) is 11.8 Å². The van der Waals surface area contributed by atoms with E-state index in [0.29, 0.717) is 5.92 Å². The highest BCUT2D eigenvalue weighted by molar-refractivity contribution is 5.51.